The molecule has 0 aliphatic rings. The number of aromatic nitrogens is 6. The van der Waals surface area contributed by atoms with Crippen molar-refractivity contribution in [1.82, 2.24) is 39.7 Å². The third-order valence-corrected chi connectivity index (χ3v) is 9.58. The summed E-state index contributed by atoms with van der Waals surface area (Å²) in [5.41, 5.74) is 8.96. The molecule has 0 saturated carbocycles. The average molecular weight is 943 g/mol. The van der Waals surface area contributed by atoms with E-state index in [9.17, 15) is 23.6 Å². The van der Waals surface area contributed by atoms with Gasteiger partial charge in [-0.2, -0.15) is 0 Å². The molecule has 0 saturated heterocycles. The summed E-state index contributed by atoms with van der Waals surface area (Å²) in [6, 6.07) is 14.2. The second kappa shape index (κ2) is 23.7. The van der Waals surface area contributed by atoms with Crippen LogP contribution in [0.15, 0.2) is 70.5 Å². The van der Waals surface area contributed by atoms with Crippen molar-refractivity contribution in [2.75, 3.05) is 40.2 Å². The maximum atomic E-state index is 12.8. The number of rotatable bonds is 10. The Morgan fingerprint density at radius 1 is 0.754 bits per heavy atom. The molecular formula is C40H43Cl5FN9O6. The van der Waals surface area contributed by atoms with Gasteiger partial charge < -0.3 is 35.0 Å². The number of hydrogen-bond acceptors (Lipinski definition) is 11. The summed E-state index contributed by atoms with van der Waals surface area (Å²) in [4.78, 5) is 63.3. The van der Waals surface area contributed by atoms with Crippen LogP contribution in [0.1, 0.15) is 52.4 Å². The number of likely N-dealkylation sites (N-methyl/N-ethyl adjacent to an activating group) is 2. The average Bonchev–Trinajstić information content (AvgIpc) is 3.22. The van der Waals surface area contributed by atoms with E-state index in [1.807, 2.05) is 52.0 Å². The van der Waals surface area contributed by atoms with Crippen molar-refractivity contribution in [3.8, 4) is 11.5 Å². The summed E-state index contributed by atoms with van der Waals surface area (Å²) < 4.78 is 29.6. The molecule has 4 aromatic heterocycles. The molecular weight excluding hydrogens is 899 g/mol. The first-order chi connectivity index (χ1) is 29.3. The number of pyridine rings is 2. The van der Waals surface area contributed by atoms with Gasteiger partial charge in [0.25, 0.3) is 22.9 Å². The Bertz CT molecular complexity index is 2640. The number of alkyl halides is 1. The Labute approximate surface area is 376 Å². The highest BCUT2D eigenvalue weighted by Gasteiger charge is 2.16. The standard InChI is InChI=1S/C20H20Cl2N4O3.C15H19N3O3.C4HCl3N2.CH3F/c1-11(2)26-16-5-4-12(7-15-14(21)9-24-20(22)25-15)6-13(16)8-17(19(26)28)29-10-18(27)23-3;1-9(2)18-12-5-4-11(16)6-10(12)7-13(15(18)20)21-8-14(19)17-3;5-2-1-8-4(7)9-3(2)6;1-2/h4-6,8-9,11H,7,10H2,1-3H3,(H,23,27);4-7,9H,8,16H2,1-3H3,(H,17,19);1H;1H3/i;;;1D. The molecule has 0 radical (unpaired) electrons. The number of anilines is 1. The van der Waals surface area contributed by atoms with Crippen molar-refractivity contribution >= 4 is 97.3 Å². The van der Waals surface area contributed by atoms with Gasteiger partial charge in [0.15, 0.2) is 29.9 Å². The lowest BCUT2D eigenvalue weighted by molar-refractivity contribution is -0.123. The third-order valence-electron chi connectivity index (χ3n) is 8.23. The quantitative estimate of drug-likeness (QED) is 0.0691. The number of amides is 2. The maximum absolute atomic E-state index is 12.8. The summed E-state index contributed by atoms with van der Waals surface area (Å²) in [5.74, 6) is -0.344. The molecule has 0 aliphatic carbocycles. The summed E-state index contributed by atoms with van der Waals surface area (Å²) in [7, 11) is 2.02. The summed E-state index contributed by atoms with van der Waals surface area (Å²) in [5, 5.41) is 7.66. The second-order valence-corrected chi connectivity index (χ2v) is 14.9. The Morgan fingerprint density at radius 2 is 1.21 bits per heavy atom. The van der Waals surface area contributed by atoms with Crippen LogP contribution in [0.25, 0.3) is 21.8 Å². The van der Waals surface area contributed by atoms with Gasteiger partial charge in [0.05, 0.1) is 47.7 Å². The number of carbonyl (C=O) groups is 2. The number of halogens is 6. The minimum Gasteiger partial charge on any atom is -0.478 e. The molecule has 0 unspecified atom stereocenters. The van der Waals surface area contributed by atoms with Gasteiger partial charge in [0.1, 0.15) is 0 Å². The summed E-state index contributed by atoms with van der Waals surface area (Å²) in [6.07, 6.45) is 3.26. The van der Waals surface area contributed by atoms with Crippen molar-refractivity contribution in [1.29, 1.82) is 0 Å². The van der Waals surface area contributed by atoms with Gasteiger partial charge in [0.2, 0.25) is 10.6 Å². The van der Waals surface area contributed by atoms with Crippen LogP contribution in [0.5, 0.6) is 11.5 Å². The molecule has 2 amide bonds. The number of nitrogens with two attached hydrogens (primary N) is 1. The molecule has 0 aliphatic heterocycles. The smallest absolute Gasteiger partial charge is 0.293 e. The fraction of sp³-hybridized carbons (Fsp3) is 0.300. The van der Waals surface area contributed by atoms with Gasteiger partial charge in [0, 0.05) is 49.1 Å². The molecule has 2 aromatic carbocycles. The van der Waals surface area contributed by atoms with Gasteiger partial charge in [-0.3, -0.25) is 23.6 Å². The van der Waals surface area contributed by atoms with E-state index in [2.05, 4.69) is 30.6 Å². The van der Waals surface area contributed by atoms with Crippen LogP contribution in [-0.2, 0) is 16.0 Å². The van der Waals surface area contributed by atoms with Crippen molar-refractivity contribution in [3.63, 3.8) is 0 Å². The first kappa shape index (κ1) is 48.4. The van der Waals surface area contributed by atoms with E-state index >= 15 is 0 Å². The molecule has 326 valence electrons. The van der Waals surface area contributed by atoms with E-state index < -0.39 is 7.15 Å². The number of fused-ring (bicyclic) bond motifs is 2. The van der Waals surface area contributed by atoms with Crippen LogP contribution >= 0.6 is 58.0 Å². The molecule has 21 heteroatoms. The number of nitrogens with one attached hydrogen (secondary N) is 2. The number of nitrogen functional groups attached to an aromatic ring is 1. The van der Waals surface area contributed by atoms with Gasteiger partial charge in [-0.1, -0.05) is 40.9 Å². The maximum Gasteiger partial charge on any atom is 0.293 e. The van der Waals surface area contributed by atoms with Crippen LogP contribution in [0.2, 0.25) is 25.8 Å². The predicted molar refractivity (Wildman–Crippen MR) is 240 cm³/mol. The molecule has 4 heterocycles. The Hall–Kier alpha value is -5.26. The van der Waals surface area contributed by atoms with E-state index in [0.29, 0.717) is 27.8 Å². The van der Waals surface area contributed by atoms with Crippen molar-refractivity contribution in [2.45, 2.75) is 46.2 Å². The number of benzene rings is 2. The molecule has 15 nitrogen and oxygen atoms in total. The molecule has 0 spiro atoms. The number of carbonyl (C=O) groups excluding carboxylic acids is 2. The van der Waals surface area contributed by atoms with Crippen molar-refractivity contribution in [3.05, 3.63) is 119 Å². The predicted octanol–water partition coefficient (Wildman–Crippen LogP) is 7.71. The molecule has 61 heavy (non-hydrogen) atoms. The van der Waals surface area contributed by atoms with Gasteiger partial charge >= 0.3 is 0 Å². The first-order valence-corrected chi connectivity index (χ1v) is 19.9. The monoisotopic (exact) mass is 940 g/mol. The van der Waals surface area contributed by atoms with E-state index in [1.54, 1.807) is 33.4 Å². The molecule has 6 aromatic rings. The van der Waals surface area contributed by atoms with E-state index in [4.69, 9.17) is 74.6 Å². The highest BCUT2D eigenvalue weighted by Crippen LogP contribution is 2.26. The zero-order valence-electron chi connectivity index (χ0n) is 34.7. The summed E-state index contributed by atoms with van der Waals surface area (Å²) in [6.45, 7) is 7.24. The molecule has 0 bridgehead atoms. The van der Waals surface area contributed by atoms with Crippen molar-refractivity contribution in [2.24, 2.45) is 0 Å². The fourth-order valence-electron chi connectivity index (χ4n) is 5.50. The van der Waals surface area contributed by atoms with Crippen LogP contribution < -0.4 is 37.0 Å². The molecule has 4 N–H and O–H groups in total. The minimum absolute atomic E-state index is 0.0350. The Morgan fingerprint density at radius 3 is 1.67 bits per heavy atom. The zero-order chi connectivity index (χ0) is 46.3. The SMILES string of the molecule is CNC(=O)COc1cc2cc(Cc3nc(Cl)ncc3Cl)ccc2n(C(C)C)c1=O.CNC(=O)COc1cc2cc(N)ccc2n(C(C)C)c1=O.Clc1ncc(Cl)c(Cl)n1.[2H]CF. The number of ether oxygens (including phenoxy) is 2. The van der Waals surface area contributed by atoms with E-state index in [-0.39, 0.29) is 75.4 Å². The van der Waals surface area contributed by atoms with Gasteiger partial charge in [-0.15, -0.1) is 0 Å². The van der Waals surface area contributed by atoms with Crippen molar-refractivity contribution < 1.29 is 24.8 Å². The van der Waals surface area contributed by atoms with E-state index in [0.717, 1.165) is 27.4 Å². The lowest BCUT2D eigenvalue weighted by Gasteiger charge is -2.17. The lowest BCUT2D eigenvalue weighted by atomic mass is 10.1. The minimum atomic E-state index is -1.00. The van der Waals surface area contributed by atoms with Crippen LogP contribution in [0.4, 0.5) is 10.1 Å². The third kappa shape index (κ3) is 13.9. The molecule has 0 atom stereocenters. The van der Waals surface area contributed by atoms with Gasteiger partial charge in [-0.05, 0) is 98.9 Å². The normalized spacial score (nSPS) is 10.8. The highest BCUT2D eigenvalue weighted by atomic mass is 35.5. The molecule has 6 rings (SSSR count). The fourth-order valence-corrected chi connectivity index (χ4v) is 6.21. The topological polar surface area (TPSA) is 198 Å². The van der Waals surface area contributed by atoms with Gasteiger partial charge in [-0.25, -0.2) is 19.9 Å². The highest BCUT2D eigenvalue weighted by molar-refractivity contribution is 6.41. The second-order valence-electron chi connectivity index (χ2n) is 13.1. The first-order valence-electron chi connectivity index (χ1n) is 18.7. The Balaban J connectivity index is 0.000000269. The lowest BCUT2D eigenvalue weighted by Crippen LogP contribution is -2.29. The molecule has 0 fully saturated rings. The van der Waals surface area contributed by atoms with Crippen LogP contribution in [-0.4, -0.2) is 75.3 Å². The number of hydrogen-bond donors (Lipinski definition) is 3. The summed E-state index contributed by atoms with van der Waals surface area (Å²) >= 11 is 28.3. The Kier molecular flexibility index (Phi) is 18.8. The van der Waals surface area contributed by atoms with E-state index in [1.165, 1.54) is 26.5 Å². The zero-order valence-corrected chi connectivity index (χ0v) is 37.5. The van der Waals surface area contributed by atoms with Crippen LogP contribution in [0, 0.1) is 0 Å². The largest absolute Gasteiger partial charge is 0.478 e. The van der Waals surface area contributed by atoms with Crippen LogP contribution in [0.3, 0.4) is 0 Å². The number of nitrogens with zero attached hydrogens (tertiary/aromatic N) is 6.